The van der Waals surface area contributed by atoms with Gasteiger partial charge in [-0.15, -0.1) is 0 Å². The van der Waals surface area contributed by atoms with E-state index in [2.05, 4.69) is 5.32 Å². The van der Waals surface area contributed by atoms with Crippen molar-refractivity contribution < 1.29 is 14.7 Å². The predicted molar refractivity (Wildman–Crippen MR) is 77.5 cm³/mol. The first-order valence-corrected chi connectivity index (χ1v) is 8.12. The molecule has 1 aliphatic rings. The number of carbonyl (C=O) groups is 2. The summed E-state index contributed by atoms with van der Waals surface area (Å²) in [6.45, 7) is 4.70. The number of thioether (sulfide) groups is 1. The maximum atomic E-state index is 12.1. The van der Waals surface area contributed by atoms with E-state index in [0.717, 1.165) is 12.2 Å². The molecule has 0 aromatic rings. The van der Waals surface area contributed by atoms with Gasteiger partial charge in [0.25, 0.3) is 0 Å². The number of likely N-dealkylation sites (tertiary alicyclic amines) is 1. The van der Waals surface area contributed by atoms with Crippen molar-refractivity contribution in [2.24, 2.45) is 5.41 Å². The molecule has 0 aromatic heterocycles. The van der Waals surface area contributed by atoms with Crippen LogP contribution in [0.4, 0.5) is 4.79 Å². The molecule has 1 rings (SSSR count). The second-order valence-electron chi connectivity index (χ2n) is 5.24. The van der Waals surface area contributed by atoms with E-state index >= 15 is 0 Å². The molecule has 1 heterocycles. The topological polar surface area (TPSA) is 69.6 Å². The molecule has 5 nitrogen and oxygen atoms in total. The van der Waals surface area contributed by atoms with Crippen molar-refractivity contribution in [1.82, 2.24) is 10.2 Å². The van der Waals surface area contributed by atoms with Crippen molar-refractivity contribution in [3.63, 3.8) is 0 Å². The third kappa shape index (κ3) is 4.03. The summed E-state index contributed by atoms with van der Waals surface area (Å²) in [6, 6.07) is -0.00779. The van der Waals surface area contributed by atoms with Crippen LogP contribution >= 0.6 is 11.8 Å². The van der Waals surface area contributed by atoms with Crippen molar-refractivity contribution in [1.29, 1.82) is 0 Å². The van der Waals surface area contributed by atoms with E-state index in [0.29, 0.717) is 25.9 Å². The van der Waals surface area contributed by atoms with Gasteiger partial charge in [0.1, 0.15) is 0 Å². The Morgan fingerprint density at radius 1 is 1.53 bits per heavy atom. The lowest BCUT2D eigenvalue weighted by atomic mass is 9.84. The number of rotatable bonds is 6. The summed E-state index contributed by atoms with van der Waals surface area (Å²) in [6.07, 6.45) is 4.08. The van der Waals surface area contributed by atoms with E-state index in [-0.39, 0.29) is 12.1 Å². The molecule has 110 valence electrons. The average Bonchev–Trinajstić information content (AvgIpc) is 2.82. The Kier molecular flexibility index (Phi) is 5.97. The molecule has 0 saturated carbocycles. The fourth-order valence-corrected chi connectivity index (χ4v) is 2.92. The third-order valence-electron chi connectivity index (χ3n) is 3.90. The molecule has 19 heavy (non-hydrogen) atoms. The van der Waals surface area contributed by atoms with Gasteiger partial charge in [0.05, 0.1) is 5.41 Å². The molecule has 2 N–H and O–H groups in total. The van der Waals surface area contributed by atoms with Gasteiger partial charge in [-0.3, -0.25) is 4.79 Å². The number of carbonyl (C=O) groups excluding carboxylic acids is 1. The van der Waals surface area contributed by atoms with Crippen LogP contribution in [0.3, 0.4) is 0 Å². The summed E-state index contributed by atoms with van der Waals surface area (Å²) in [5, 5.41) is 12.2. The van der Waals surface area contributed by atoms with Crippen LogP contribution in [-0.2, 0) is 4.79 Å². The van der Waals surface area contributed by atoms with Gasteiger partial charge in [0, 0.05) is 19.1 Å². The van der Waals surface area contributed by atoms with Crippen molar-refractivity contribution in [3.05, 3.63) is 0 Å². The maximum Gasteiger partial charge on any atom is 0.317 e. The van der Waals surface area contributed by atoms with Crippen LogP contribution in [0, 0.1) is 5.41 Å². The summed E-state index contributed by atoms with van der Waals surface area (Å²) in [5.41, 5.74) is -0.750. The van der Waals surface area contributed by atoms with Gasteiger partial charge in [-0.2, -0.15) is 11.8 Å². The smallest absolute Gasteiger partial charge is 0.317 e. The van der Waals surface area contributed by atoms with E-state index in [1.807, 2.05) is 20.1 Å². The van der Waals surface area contributed by atoms with Gasteiger partial charge in [-0.25, -0.2) is 4.79 Å². The van der Waals surface area contributed by atoms with Crippen LogP contribution in [0.5, 0.6) is 0 Å². The highest BCUT2D eigenvalue weighted by Crippen LogP contribution is 2.34. The van der Waals surface area contributed by atoms with Crippen LogP contribution in [0.1, 0.15) is 33.1 Å². The van der Waals surface area contributed by atoms with Gasteiger partial charge >= 0.3 is 12.0 Å². The highest BCUT2D eigenvalue weighted by atomic mass is 32.2. The standard InChI is InChI=1S/C13H24N2O3S/c1-4-13(11(16)17)6-7-15(9-13)12(18)14-10(2)5-8-19-3/h10H,4-9H2,1-3H3,(H,14,18)(H,16,17). The molecule has 6 heteroatoms. The van der Waals surface area contributed by atoms with Gasteiger partial charge in [-0.05, 0) is 38.2 Å². The zero-order chi connectivity index (χ0) is 14.5. The van der Waals surface area contributed by atoms with Crippen molar-refractivity contribution in [3.8, 4) is 0 Å². The van der Waals surface area contributed by atoms with E-state index in [1.165, 1.54) is 0 Å². The molecule has 0 bridgehead atoms. The number of aliphatic carboxylic acids is 1. The third-order valence-corrected chi connectivity index (χ3v) is 4.54. The lowest BCUT2D eigenvalue weighted by molar-refractivity contribution is -0.148. The monoisotopic (exact) mass is 288 g/mol. The number of hydrogen-bond acceptors (Lipinski definition) is 3. The molecule has 2 amide bonds. The Balaban J connectivity index is 2.50. The lowest BCUT2D eigenvalue weighted by Crippen LogP contribution is -2.44. The van der Waals surface area contributed by atoms with Crippen molar-refractivity contribution >= 4 is 23.8 Å². The molecular formula is C13H24N2O3S. The minimum atomic E-state index is -0.791. The number of nitrogens with one attached hydrogen (secondary N) is 1. The Bertz CT molecular complexity index is 338. The molecule has 0 aromatic carbocycles. The quantitative estimate of drug-likeness (QED) is 0.784. The fraction of sp³-hybridized carbons (Fsp3) is 0.846. The normalized spacial score (nSPS) is 24.3. The number of urea groups is 1. The Morgan fingerprint density at radius 2 is 2.21 bits per heavy atom. The molecular weight excluding hydrogens is 264 g/mol. The molecule has 2 unspecified atom stereocenters. The van der Waals surface area contributed by atoms with Crippen LogP contribution in [0.2, 0.25) is 0 Å². The number of carboxylic acids is 1. The summed E-state index contributed by atoms with van der Waals surface area (Å²) < 4.78 is 0. The SMILES string of the molecule is CCC1(C(=O)O)CCN(C(=O)NC(C)CCSC)C1. The predicted octanol–water partition coefficient (Wildman–Crippen LogP) is 2.02. The van der Waals surface area contributed by atoms with Gasteiger partial charge < -0.3 is 15.3 Å². The van der Waals surface area contributed by atoms with Crippen molar-refractivity contribution in [2.45, 2.75) is 39.2 Å². The van der Waals surface area contributed by atoms with Gasteiger partial charge in [0.2, 0.25) is 0 Å². The van der Waals surface area contributed by atoms with Crippen LogP contribution in [-0.4, -0.2) is 53.1 Å². The van der Waals surface area contributed by atoms with Crippen LogP contribution < -0.4 is 5.32 Å². The highest BCUT2D eigenvalue weighted by Gasteiger charge is 2.44. The van der Waals surface area contributed by atoms with Gasteiger partial charge in [0.15, 0.2) is 0 Å². The van der Waals surface area contributed by atoms with E-state index in [4.69, 9.17) is 0 Å². The Labute approximate surface area is 119 Å². The van der Waals surface area contributed by atoms with E-state index in [1.54, 1.807) is 16.7 Å². The lowest BCUT2D eigenvalue weighted by Gasteiger charge is -2.24. The number of amides is 2. The zero-order valence-corrected chi connectivity index (χ0v) is 12.8. The average molecular weight is 288 g/mol. The van der Waals surface area contributed by atoms with E-state index < -0.39 is 11.4 Å². The molecule has 0 spiro atoms. The largest absolute Gasteiger partial charge is 0.481 e. The van der Waals surface area contributed by atoms with Crippen molar-refractivity contribution in [2.75, 3.05) is 25.1 Å². The maximum absolute atomic E-state index is 12.1. The summed E-state index contributed by atoms with van der Waals surface area (Å²) >= 11 is 1.75. The molecule has 1 aliphatic heterocycles. The molecule has 0 aliphatic carbocycles. The first-order chi connectivity index (χ1) is 8.95. The summed E-state index contributed by atoms with van der Waals surface area (Å²) in [5.74, 6) is 0.218. The number of hydrogen-bond donors (Lipinski definition) is 2. The van der Waals surface area contributed by atoms with Gasteiger partial charge in [-0.1, -0.05) is 6.92 Å². The Hall–Kier alpha value is -0.910. The molecule has 2 atom stereocenters. The number of nitrogens with zero attached hydrogens (tertiary/aromatic N) is 1. The second-order valence-corrected chi connectivity index (χ2v) is 6.23. The van der Waals surface area contributed by atoms with Crippen LogP contribution in [0.15, 0.2) is 0 Å². The van der Waals surface area contributed by atoms with E-state index in [9.17, 15) is 14.7 Å². The summed E-state index contributed by atoms with van der Waals surface area (Å²) in [4.78, 5) is 25.0. The van der Waals surface area contributed by atoms with Crippen LogP contribution in [0.25, 0.3) is 0 Å². The highest BCUT2D eigenvalue weighted by molar-refractivity contribution is 7.98. The minimum absolute atomic E-state index is 0.126. The molecule has 1 fully saturated rings. The number of carboxylic acid groups (broad SMARTS) is 1. The minimum Gasteiger partial charge on any atom is -0.481 e. The first kappa shape index (κ1) is 16.1. The fourth-order valence-electron chi connectivity index (χ4n) is 2.33. The molecule has 0 radical (unpaired) electrons. The summed E-state index contributed by atoms with van der Waals surface area (Å²) in [7, 11) is 0. The molecule has 1 saturated heterocycles. The Morgan fingerprint density at radius 3 is 2.68 bits per heavy atom. The second kappa shape index (κ2) is 7.03. The zero-order valence-electron chi connectivity index (χ0n) is 11.9. The first-order valence-electron chi connectivity index (χ1n) is 6.73.